The molecule has 1 aliphatic rings. The first-order valence-corrected chi connectivity index (χ1v) is 7.99. The van der Waals surface area contributed by atoms with E-state index in [1.165, 1.54) is 6.33 Å². The average molecular weight is 287 g/mol. The van der Waals surface area contributed by atoms with Crippen LogP contribution in [0, 0.1) is 5.82 Å². The van der Waals surface area contributed by atoms with Gasteiger partial charge in [0.05, 0.1) is 17.2 Å². The molecule has 2 rings (SSSR count). The molecule has 7 heteroatoms. The number of aromatic nitrogens is 2. The summed E-state index contributed by atoms with van der Waals surface area (Å²) in [7, 11) is -3.00. The average Bonchev–Trinajstić information content (AvgIpc) is 2.59. The first kappa shape index (κ1) is 14.2. The molecule has 1 aromatic heterocycles. The van der Waals surface area contributed by atoms with E-state index >= 15 is 0 Å². The number of nitrogens with one attached hydrogen (secondary N) is 1. The van der Waals surface area contributed by atoms with Crippen LogP contribution in [0.5, 0.6) is 0 Å². The maximum Gasteiger partial charge on any atom is 0.187 e. The number of anilines is 1. The Morgan fingerprint density at radius 2 is 2.05 bits per heavy atom. The van der Waals surface area contributed by atoms with Crippen LogP contribution in [0.4, 0.5) is 10.2 Å². The Labute approximate surface area is 112 Å². The molecule has 0 aromatic carbocycles. The summed E-state index contributed by atoms with van der Waals surface area (Å²) in [4.78, 5) is 7.84. The molecule has 2 heterocycles. The van der Waals surface area contributed by atoms with Crippen LogP contribution in [-0.4, -0.2) is 35.9 Å². The first-order chi connectivity index (χ1) is 8.69. The molecule has 1 atom stereocenters. The zero-order valence-electron chi connectivity index (χ0n) is 11.3. The molecule has 0 bridgehead atoms. The quantitative estimate of drug-likeness (QED) is 0.892. The lowest BCUT2D eigenvalue weighted by molar-refractivity contribution is 0.499. The maximum atomic E-state index is 14.3. The van der Waals surface area contributed by atoms with Gasteiger partial charge in [-0.15, -0.1) is 0 Å². The van der Waals surface area contributed by atoms with E-state index in [2.05, 4.69) is 15.3 Å². The lowest BCUT2D eigenvalue weighted by Gasteiger charge is -2.20. The van der Waals surface area contributed by atoms with Crippen molar-refractivity contribution in [3.05, 3.63) is 17.8 Å². The lowest BCUT2D eigenvalue weighted by atomic mass is 9.91. The summed E-state index contributed by atoms with van der Waals surface area (Å²) in [6.45, 7) is 5.59. The van der Waals surface area contributed by atoms with Gasteiger partial charge in [0.25, 0.3) is 0 Å². The van der Waals surface area contributed by atoms with Crippen LogP contribution in [-0.2, 0) is 15.3 Å². The van der Waals surface area contributed by atoms with Crippen LogP contribution in [0.3, 0.4) is 0 Å². The van der Waals surface area contributed by atoms with E-state index < -0.39 is 21.1 Å². The molecule has 106 valence electrons. The first-order valence-electron chi connectivity index (χ1n) is 6.17. The minimum Gasteiger partial charge on any atom is -0.364 e. The molecule has 19 heavy (non-hydrogen) atoms. The molecule has 1 N–H and O–H groups in total. The third-order valence-electron chi connectivity index (χ3n) is 3.07. The SMILES string of the molecule is CC(C)(C)c1ncnc(NC2CCS(=O)(=O)C2)c1F. The Balaban J connectivity index is 2.23. The second-order valence-electron chi connectivity index (χ2n) is 5.88. The summed E-state index contributed by atoms with van der Waals surface area (Å²) < 4.78 is 37.0. The van der Waals surface area contributed by atoms with Gasteiger partial charge in [-0.2, -0.15) is 0 Å². The lowest BCUT2D eigenvalue weighted by Crippen LogP contribution is -2.24. The van der Waals surface area contributed by atoms with Gasteiger partial charge in [0, 0.05) is 11.5 Å². The molecule has 1 saturated heterocycles. The Hall–Kier alpha value is -1.24. The maximum absolute atomic E-state index is 14.3. The highest BCUT2D eigenvalue weighted by Gasteiger charge is 2.30. The van der Waals surface area contributed by atoms with Gasteiger partial charge >= 0.3 is 0 Å². The van der Waals surface area contributed by atoms with E-state index in [0.29, 0.717) is 12.1 Å². The molecule has 0 radical (unpaired) electrons. The normalized spacial score (nSPS) is 22.4. The van der Waals surface area contributed by atoms with Gasteiger partial charge in [-0.05, 0) is 6.42 Å². The molecule has 0 spiro atoms. The van der Waals surface area contributed by atoms with Crippen LogP contribution in [0.15, 0.2) is 6.33 Å². The topological polar surface area (TPSA) is 72.0 Å². The number of sulfone groups is 1. The number of nitrogens with zero attached hydrogens (tertiary/aromatic N) is 2. The highest BCUT2D eigenvalue weighted by Crippen LogP contribution is 2.26. The van der Waals surface area contributed by atoms with Crippen molar-refractivity contribution < 1.29 is 12.8 Å². The minimum absolute atomic E-state index is 0.0291. The fourth-order valence-electron chi connectivity index (χ4n) is 2.10. The summed E-state index contributed by atoms with van der Waals surface area (Å²) in [5, 5.41) is 2.87. The van der Waals surface area contributed by atoms with Gasteiger partial charge < -0.3 is 5.32 Å². The van der Waals surface area contributed by atoms with Crippen LogP contribution >= 0.6 is 0 Å². The van der Waals surface area contributed by atoms with Crippen LogP contribution in [0.2, 0.25) is 0 Å². The second kappa shape index (κ2) is 4.70. The van der Waals surface area contributed by atoms with Crippen LogP contribution in [0.25, 0.3) is 0 Å². The van der Waals surface area contributed by atoms with Crippen molar-refractivity contribution in [1.82, 2.24) is 9.97 Å². The molecule has 1 unspecified atom stereocenters. The smallest absolute Gasteiger partial charge is 0.187 e. The molecular formula is C12H18FN3O2S. The molecule has 5 nitrogen and oxygen atoms in total. The zero-order valence-corrected chi connectivity index (χ0v) is 12.1. The Kier molecular flexibility index (Phi) is 3.51. The number of halogens is 1. The number of hydrogen-bond donors (Lipinski definition) is 1. The van der Waals surface area contributed by atoms with Gasteiger partial charge in [-0.3, -0.25) is 0 Å². The molecular weight excluding hydrogens is 269 g/mol. The molecule has 0 aliphatic carbocycles. The van der Waals surface area contributed by atoms with E-state index in [0.717, 1.165) is 0 Å². The van der Waals surface area contributed by atoms with Gasteiger partial charge in [0.1, 0.15) is 6.33 Å². The summed E-state index contributed by atoms with van der Waals surface area (Å²) in [6.07, 6.45) is 1.78. The summed E-state index contributed by atoms with van der Waals surface area (Å²) >= 11 is 0. The highest BCUT2D eigenvalue weighted by atomic mass is 32.2. The van der Waals surface area contributed by atoms with Crippen molar-refractivity contribution in [3.8, 4) is 0 Å². The zero-order chi connectivity index (χ0) is 14.3. The van der Waals surface area contributed by atoms with Gasteiger partial charge in [0.2, 0.25) is 0 Å². The van der Waals surface area contributed by atoms with Crippen molar-refractivity contribution in [1.29, 1.82) is 0 Å². The standard InChI is InChI=1S/C12H18FN3O2S/c1-12(2,3)10-9(13)11(15-7-14-10)16-8-4-5-19(17,18)6-8/h7-8H,4-6H2,1-3H3,(H,14,15,16). The van der Waals surface area contributed by atoms with Gasteiger partial charge in [-0.25, -0.2) is 22.8 Å². The monoisotopic (exact) mass is 287 g/mol. The van der Waals surface area contributed by atoms with E-state index in [-0.39, 0.29) is 23.4 Å². The van der Waals surface area contributed by atoms with E-state index in [1.54, 1.807) is 0 Å². The Bertz CT molecular complexity index is 581. The van der Waals surface area contributed by atoms with Crippen molar-refractivity contribution in [2.45, 2.75) is 38.6 Å². The molecule has 1 fully saturated rings. The summed E-state index contributed by atoms with van der Waals surface area (Å²) in [6, 6.07) is -0.276. The largest absolute Gasteiger partial charge is 0.364 e. The predicted octanol–water partition coefficient (Wildman–Crippen LogP) is 1.51. The fraction of sp³-hybridized carbons (Fsp3) is 0.667. The number of hydrogen-bond acceptors (Lipinski definition) is 5. The minimum atomic E-state index is -3.00. The summed E-state index contributed by atoms with van der Waals surface area (Å²) in [5.41, 5.74) is -0.101. The Morgan fingerprint density at radius 3 is 2.58 bits per heavy atom. The molecule has 1 aliphatic heterocycles. The van der Waals surface area contributed by atoms with Crippen molar-refractivity contribution in [2.75, 3.05) is 16.8 Å². The Morgan fingerprint density at radius 1 is 1.37 bits per heavy atom. The van der Waals surface area contributed by atoms with Crippen LogP contribution < -0.4 is 5.32 Å². The molecule has 0 saturated carbocycles. The van der Waals surface area contributed by atoms with E-state index in [9.17, 15) is 12.8 Å². The third-order valence-corrected chi connectivity index (χ3v) is 4.84. The van der Waals surface area contributed by atoms with Crippen molar-refractivity contribution in [3.63, 3.8) is 0 Å². The van der Waals surface area contributed by atoms with Gasteiger partial charge in [0.15, 0.2) is 21.5 Å². The van der Waals surface area contributed by atoms with E-state index in [1.807, 2.05) is 20.8 Å². The number of rotatable bonds is 2. The van der Waals surface area contributed by atoms with E-state index in [4.69, 9.17) is 0 Å². The summed E-state index contributed by atoms with van der Waals surface area (Å²) in [5.74, 6) is -0.244. The van der Waals surface area contributed by atoms with Crippen LogP contribution in [0.1, 0.15) is 32.9 Å². The third kappa shape index (κ3) is 3.20. The molecule has 0 amide bonds. The predicted molar refractivity (Wildman–Crippen MR) is 71.4 cm³/mol. The second-order valence-corrected chi connectivity index (χ2v) is 8.11. The van der Waals surface area contributed by atoms with Gasteiger partial charge in [-0.1, -0.05) is 20.8 Å². The van der Waals surface area contributed by atoms with Crippen molar-refractivity contribution >= 4 is 15.7 Å². The highest BCUT2D eigenvalue weighted by molar-refractivity contribution is 7.91. The molecule has 1 aromatic rings. The fourth-order valence-corrected chi connectivity index (χ4v) is 3.77. The van der Waals surface area contributed by atoms with Crippen molar-refractivity contribution in [2.24, 2.45) is 0 Å².